The van der Waals surface area contributed by atoms with Gasteiger partial charge in [0.25, 0.3) is 0 Å². The molecule has 0 spiro atoms. The van der Waals surface area contributed by atoms with Crippen LogP contribution >= 0.6 is 0 Å². The Morgan fingerprint density at radius 3 is 2.81 bits per heavy atom. The smallest absolute Gasteiger partial charge is 0.316 e. The summed E-state index contributed by atoms with van der Waals surface area (Å²) < 4.78 is 0. The number of nitrogens with two attached hydrogens (primary N) is 1. The molecule has 0 saturated carbocycles. The van der Waals surface area contributed by atoms with E-state index >= 15 is 0 Å². The summed E-state index contributed by atoms with van der Waals surface area (Å²) in [6.07, 6.45) is 0.624. The first kappa shape index (κ1) is 12.1. The number of aliphatic hydroxyl groups is 1. The highest BCUT2D eigenvalue weighted by atomic mass is 16.3. The molecule has 88 valence electrons. The highest BCUT2D eigenvalue weighted by Crippen LogP contribution is 2.26. The minimum Gasteiger partial charge on any atom is -0.506 e. The number of nitrogens with one attached hydrogen (secondary N) is 2. The fraction of sp³-hybridized carbons (Fsp3) is 0.300. The molecule has 0 aliphatic heterocycles. The predicted molar refractivity (Wildman–Crippen MR) is 61.5 cm³/mol. The van der Waals surface area contributed by atoms with E-state index in [1.54, 1.807) is 12.1 Å². The van der Waals surface area contributed by atoms with E-state index in [4.69, 9.17) is 10.8 Å². The molecule has 0 fully saturated rings. The molecule has 16 heavy (non-hydrogen) atoms. The number of phenols is 1. The molecule has 1 aromatic rings. The highest BCUT2D eigenvalue weighted by molar-refractivity contribution is 5.90. The summed E-state index contributed by atoms with van der Waals surface area (Å²) >= 11 is 0. The Kier molecular flexibility index (Phi) is 4.41. The van der Waals surface area contributed by atoms with Crippen LogP contribution in [-0.2, 0) is 0 Å². The number of benzene rings is 1. The molecule has 0 aliphatic carbocycles. The third kappa shape index (κ3) is 3.66. The fourth-order valence-corrected chi connectivity index (χ4v) is 1.19. The molecule has 6 heteroatoms. The van der Waals surface area contributed by atoms with Crippen LogP contribution in [0.2, 0.25) is 0 Å². The van der Waals surface area contributed by atoms with Gasteiger partial charge in [0.2, 0.25) is 0 Å². The van der Waals surface area contributed by atoms with E-state index in [1.165, 1.54) is 6.07 Å². The van der Waals surface area contributed by atoms with Crippen LogP contribution in [0.25, 0.3) is 0 Å². The Morgan fingerprint density at radius 1 is 1.44 bits per heavy atom. The number of aliphatic hydroxyl groups excluding tert-OH is 1. The van der Waals surface area contributed by atoms with Gasteiger partial charge in [0.05, 0.1) is 5.69 Å². The Bertz CT molecular complexity index is 368. The van der Waals surface area contributed by atoms with Crippen molar-refractivity contribution in [2.24, 2.45) is 5.73 Å². The van der Waals surface area contributed by atoms with Gasteiger partial charge in [0, 0.05) is 18.8 Å². The van der Waals surface area contributed by atoms with Crippen molar-refractivity contribution in [3.63, 3.8) is 0 Å². The van der Waals surface area contributed by atoms with Crippen molar-refractivity contribution in [1.29, 1.82) is 0 Å². The first-order valence-corrected chi connectivity index (χ1v) is 4.87. The SMILES string of the molecule is NC(=O)Nc1cc(NCCCO)ccc1O. The second kappa shape index (κ2) is 5.82. The number of carbonyl (C=O) groups is 1. The normalized spacial score (nSPS) is 9.81. The predicted octanol–water partition coefficient (Wildman–Crippen LogP) is 0.677. The molecular formula is C10H15N3O3. The van der Waals surface area contributed by atoms with Crippen LogP contribution in [0.5, 0.6) is 5.75 Å². The van der Waals surface area contributed by atoms with E-state index in [2.05, 4.69) is 10.6 Å². The van der Waals surface area contributed by atoms with Crippen LogP contribution in [0.1, 0.15) is 6.42 Å². The maximum Gasteiger partial charge on any atom is 0.316 e. The monoisotopic (exact) mass is 225 g/mol. The van der Waals surface area contributed by atoms with Gasteiger partial charge < -0.3 is 26.6 Å². The van der Waals surface area contributed by atoms with Crippen LogP contribution in [0.3, 0.4) is 0 Å². The molecule has 0 heterocycles. The molecular weight excluding hydrogens is 210 g/mol. The van der Waals surface area contributed by atoms with Crippen LogP contribution < -0.4 is 16.4 Å². The van der Waals surface area contributed by atoms with Crippen molar-refractivity contribution >= 4 is 17.4 Å². The minimum atomic E-state index is -0.734. The van der Waals surface area contributed by atoms with Gasteiger partial charge in [-0.25, -0.2) is 4.79 Å². The van der Waals surface area contributed by atoms with Crippen LogP contribution in [0.4, 0.5) is 16.2 Å². The van der Waals surface area contributed by atoms with Crippen molar-refractivity contribution in [2.45, 2.75) is 6.42 Å². The van der Waals surface area contributed by atoms with Crippen molar-refractivity contribution in [1.82, 2.24) is 0 Å². The second-order valence-electron chi connectivity index (χ2n) is 3.23. The molecule has 6 N–H and O–H groups in total. The first-order chi connectivity index (χ1) is 7.63. The van der Waals surface area contributed by atoms with Crippen molar-refractivity contribution in [2.75, 3.05) is 23.8 Å². The Balaban J connectivity index is 2.69. The number of rotatable bonds is 5. The number of hydrogen-bond donors (Lipinski definition) is 5. The summed E-state index contributed by atoms with van der Waals surface area (Å²) in [6, 6.07) is 3.95. The Hall–Kier alpha value is -1.95. The van der Waals surface area contributed by atoms with Gasteiger partial charge in [0.15, 0.2) is 0 Å². The molecule has 0 bridgehead atoms. The van der Waals surface area contributed by atoms with Gasteiger partial charge in [-0.05, 0) is 24.6 Å². The lowest BCUT2D eigenvalue weighted by molar-refractivity contribution is 0.259. The number of phenolic OH excluding ortho intramolecular Hbond substituents is 1. The standard InChI is InChI=1S/C10H15N3O3/c11-10(16)13-8-6-7(2-3-9(8)15)12-4-1-5-14/h2-3,6,12,14-15H,1,4-5H2,(H3,11,13,16). The van der Waals surface area contributed by atoms with Gasteiger partial charge in [-0.1, -0.05) is 0 Å². The summed E-state index contributed by atoms with van der Waals surface area (Å²) in [4.78, 5) is 10.6. The van der Waals surface area contributed by atoms with Crippen molar-refractivity contribution in [3.8, 4) is 5.75 Å². The minimum absolute atomic E-state index is 0.0495. The molecule has 1 aromatic carbocycles. The van der Waals surface area contributed by atoms with Gasteiger partial charge in [-0.2, -0.15) is 0 Å². The van der Waals surface area contributed by atoms with Gasteiger partial charge in [-0.15, -0.1) is 0 Å². The van der Waals surface area contributed by atoms with E-state index in [-0.39, 0.29) is 18.0 Å². The average Bonchev–Trinajstić information content (AvgIpc) is 2.22. The number of urea groups is 1. The van der Waals surface area contributed by atoms with E-state index in [1.807, 2.05) is 0 Å². The Morgan fingerprint density at radius 2 is 2.19 bits per heavy atom. The summed E-state index contributed by atoms with van der Waals surface area (Å²) in [6.45, 7) is 0.717. The lowest BCUT2D eigenvalue weighted by Crippen LogP contribution is -2.19. The lowest BCUT2D eigenvalue weighted by Gasteiger charge is -2.09. The summed E-state index contributed by atoms with van der Waals surface area (Å²) in [5, 5.41) is 23.4. The number of hydrogen-bond acceptors (Lipinski definition) is 4. The summed E-state index contributed by atoms with van der Waals surface area (Å²) in [5.41, 5.74) is 5.93. The average molecular weight is 225 g/mol. The number of primary amides is 1. The maximum atomic E-state index is 10.6. The van der Waals surface area contributed by atoms with Crippen molar-refractivity contribution < 1.29 is 15.0 Å². The fourth-order valence-electron chi connectivity index (χ4n) is 1.19. The third-order valence-corrected chi connectivity index (χ3v) is 1.92. The number of amides is 2. The molecule has 0 atom stereocenters. The van der Waals surface area contributed by atoms with Gasteiger partial charge in [0.1, 0.15) is 5.75 Å². The van der Waals surface area contributed by atoms with Gasteiger partial charge in [-0.3, -0.25) is 0 Å². The topological polar surface area (TPSA) is 108 Å². The number of carbonyl (C=O) groups excluding carboxylic acids is 1. The number of aromatic hydroxyl groups is 1. The molecule has 1 rings (SSSR count). The van der Waals surface area contributed by atoms with Crippen LogP contribution in [0, 0.1) is 0 Å². The van der Waals surface area contributed by atoms with E-state index < -0.39 is 6.03 Å². The van der Waals surface area contributed by atoms with E-state index in [0.29, 0.717) is 13.0 Å². The zero-order chi connectivity index (χ0) is 12.0. The summed E-state index contributed by atoms with van der Waals surface area (Å²) in [5.74, 6) is -0.0495. The largest absolute Gasteiger partial charge is 0.506 e. The van der Waals surface area contributed by atoms with Gasteiger partial charge >= 0.3 is 6.03 Å². The van der Waals surface area contributed by atoms with E-state index in [0.717, 1.165) is 5.69 Å². The van der Waals surface area contributed by atoms with E-state index in [9.17, 15) is 9.90 Å². The molecule has 0 aromatic heterocycles. The first-order valence-electron chi connectivity index (χ1n) is 4.87. The quantitative estimate of drug-likeness (QED) is 0.288. The maximum absolute atomic E-state index is 10.6. The highest BCUT2D eigenvalue weighted by Gasteiger charge is 2.04. The molecule has 6 nitrogen and oxygen atoms in total. The molecule has 0 saturated heterocycles. The third-order valence-electron chi connectivity index (χ3n) is 1.92. The van der Waals surface area contributed by atoms with Crippen molar-refractivity contribution in [3.05, 3.63) is 18.2 Å². The van der Waals surface area contributed by atoms with Crippen LogP contribution in [0.15, 0.2) is 18.2 Å². The van der Waals surface area contributed by atoms with Crippen LogP contribution in [-0.4, -0.2) is 29.4 Å². The zero-order valence-corrected chi connectivity index (χ0v) is 8.73. The molecule has 0 aliphatic rings. The second-order valence-corrected chi connectivity index (χ2v) is 3.23. The molecule has 2 amide bonds. The number of anilines is 2. The lowest BCUT2D eigenvalue weighted by atomic mass is 10.2. The zero-order valence-electron chi connectivity index (χ0n) is 8.73. The molecule has 0 unspecified atom stereocenters. The molecule has 0 radical (unpaired) electrons. The summed E-state index contributed by atoms with van der Waals surface area (Å²) in [7, 11) is 0. The Labute approximate surface area is 93.1 Å².